The number of carbonyl (C=O) groups is 1. The molecule has 0 bridgehead atoms. The average Bonchev–Trinajstić information content (AvgIpc) is 3.04. The van der Waals surface area contributed by atoms with E-state index in [0.717, 1.165) is 40.5 Å². The first-order chi connectivity index (χ1) is 11.7. The van der Waals surface area contributed by atoms with Crippen molar-refractivity contribution in [1.82, 2.24) is 5.32 Å². The van der Waals surface area contributed by atoms with E-state index in [1.54, 1.807) is 17.4 Å². The first-order valence-electron chi connectivity index (χ1n) is 7.84. The van der Waals surface area contributed by atoms with Crippen molar-refractivity contribution in [3.63, 3.8) is 0 Å². The van der Waals surface area contributed by atoms with Crippen molar-refractivity contribution in [2.24, 2.45) is 0 Å². The van der Waals surface area contributed by atoms with Crippen molar-refractivity contribution < 1.29 is 9.53 Å². The van der Waals surface area contributed by atoms with Crippen LogP contribution in [0.1, 0.15) is 10.4 Å². The zero-order valence-electron chi connectivity index (χ0n) is 13.2. The molecule has 1 aliphatic rings. The number of halogens is 1. The van der Waals surface area contributed by atoms with Gasteiger partial charge >= 0.3 is 0 Å². The molecule has 0 atom stereocenters. The topological polar surface area (TPSA) is 41.6 Å². The van der Waals surface area contributed by atoms with Crippen LogP contribution in [0.25, 0.3) is 6.08 Å². The van der Waals surface area contributed by atoms with Crippen LogP contribution in [-0.2, 0) is 16.1 Å². The number of para-hydroxylation sites is 1. The highest BCUT2D eigenvalue weighted by molar-refractivity contribution is 9.11. The number of carbonyl (C=O) groups excluding carboxylic acids is 1. The van der Waals surface area contributed by atoms with Gasteiger partial charge in [0.05, 0.1) is 17.0 Å². The van der Waals surface area contributed by atoms with Crippen LogP contribution in [0.4, 0.5) is 5.69 Å². The lowest BCUT2D eigenvalue weighted by molar-refractivity contribution is -0.116. The Kier molecular flexibility index (Phi) is 6.07. The Labute approximate surface area is 154 Å². The van der Waals surface area contributed by atoms with Crippen LogP contribution < -0.4 is 10.2 Å². The van der Waals surface area contributed by atoms with E-state index in [1.165, 1.54) is 5.69 Å². The highest BCUT2D eigenvalue weighted by Crippen LogP contribution is 2.23. The van der Waals surface area contributed by atoms with Gasteiger partial charge in [0.1, 0.15) is 0 Å². The van der Waals surface area contributed by atoms with Gasteiger partial charge in [0, 0.05) is 36.3 Å². The van der Waals surface area contributed by atoms with E-state index < -0.39 is 0 Å². The van der Waals surface area contributed by atoms with Crippen LogP contribution in [0.5, 0.6) is 0 Å². The summed E-state index contributed by atoms with van der Waals surface area (Å²) in [5.41, 5.74) is 2.30. The van der Waals surface area contributed by atoms with Crippen molar-refractivity contribution in [3.8, 4) is 0 Å². The van der Waals surface area contributed by atoms with Crippen molar-refractivity contribution in [3.05, 3.63) is 56.7 Å². The molecule has 2 aromatic rings. The fourth-order valence-corrected chi connectivity index (χ4v) is 3.92. The fourth-order valence-electron chi connectivity index (χ4n) is 2.59. The summed E-state index contributed by atoms with van der Waals surface area (Å²) in [5, 5.41) is 2.96. The molecule has 4 nitrogen and oxygen atoms in total. The van der Waals surface area contributed by atoms with E-state index in [2.05, 4.69) is 38.3 Å². The molecule has 0 unspecified atom stereocenters. The molecule has 6 heteroatoms. The molecule has 1 aromatic carbocycles. The average molecular weight is 407 g/mol. The summed E-state index contributed by atoms with van der Waals surface area (Å²) >= 11 is 5.01. The Morgan fingerprint density at radius 2 is 2.04 bits per heavy atom. The monoisotopic (exact) mass is 406 g/mol. The molecule has 0 spiro atoms. The maximum absolute atomic E-state index is 12.0. The number of benzene rings is 1. The predicted octanol–water partition coefficient (Wildman–Crippen LogP) is 3.68. The number of nitrogens with zero attached hydrogens (tertiary/aromatic N) is 1. The molecule has 126 valence electrons. The molecule has 0 saturated carbocycles. The minimum absolute atomic E-state index is 0.0868. The van der Waals surface area contributed by atoms with Gasteiger partial charge in [-0.05, 0) is 45.8 Å². The zero-order chi connectivity index (χ0) is 16.8. The zero-order valence-corrected chi connectivity index (χ0v) is 15.6. The van der Waals surface area contributed by atoms with E-state index >= 15 is 0 Å². The smallest absolute Gasteiger partial charge is 0.244 e. The molecule has 0 radical (unpaired) electrons. The van der Waals surface area contributed by atoms with Gasteiger partial charge < -0.3 is 15.0 Å². The Morgan fingerprint density at radius 3 is 2.79 bits per heavy atom. The minimum Gasteiger partial charge on any atom is -0.378 e. The standard InChI is InChI=1S/C18H19BrN2O2S/c19-17-7-5-15(24-17)6-8-18(22)20-13-14-3-1-2-4-16(14)21-9-11-23-12-10-21/h1-8H,9-13H2,(H,20,22). The number of hydrogen-bond acceptors (Lipinski definition) is 4. The van der Waals surface area contributed by atoms with Crippen LogP contribution in [0.15, 0.2) is 46.3 Å². The Balaban J connectivity index is 1.60. The van der Waals surface area contributed by atoms with Crippen LogP contribution in [0.2, 0.25) is 0 Å². The van der Waals surface area contributed by atoms with E-state index in [9.17, 15) is 4.79 Å². The molecule has 24 heavy (non-hydrogen) atoms. The number of morpholine rings is 1. The summed E-state index contributed by atoms with van der Waals surface area (Å²) in [6.45, 7) is 3.79. The van der Waals surface area contributed by atoms with Crippen LogP contribution >= 0.6 is 27.3 Å². The summed E-state index contributed by atoms with van der Waals surface area (Å²) in [5.74, 6) is -0.0868. The number of anilines is 1. The van der Waals surface area contributed by atoms with Gasteiger partial charge in [0.25, 0.3) is 0 Å². The van der Waals surface area contributed by atoms with Crippen LogP contribution in [0.3, 0.4) is 0 Å². The van der Waals surface area contributed by atoms with Gasteiger partial charge in [-0.15, -0.1) is 11.3 Å². The largest absolute Gasteiger partial charge is 0.378 e. The maximum atomic E-state index is 12.0. The second-order valence-corrected chi connectivity index (χ2v) is 7.92. The highest BCUT2D eigenvalue weighted by Gasteiger charge is 2.14. The molecular weight excluding hydrogens is 388 g/mol. The van der Waals surface area contributed by atoms with Crippen LogP contribution in [-0.4, -0.2) is 32.2 Å². The summed E-state index contributed by atoms with van der Waals surface area (Å²) in [6.07, 6.45) is 3.41. The normalized spacial score (nSPS) is 15.0. The second kappa shape index (κ2) is 8.46. The van der Waals surface area contributed by atoms with E-state index in [0.29, 0.717) is 6.54 Å². The third-order valence-electron chi connectivity index (χ3n) is 3.79. The Bertz CT molecular complexity index is 723. The summed E-state index contributed by atoms with van der Waals surface area (Å²) in [7, 11) is 0. The molecule has 1 aromatic heterocycles. The highest BCUT2D eigenvalue weighted by atomic mass is 79.9. The summed E-state index contributed by atoms with van der Waals surface area (Å²) < 4.78 is 6.47. The number of hydrogen-bond donors (Lipinski definition) is 1. The van der Waals surface area contributed by atoms with Gasteiger partial charge in [-0.3, -0.25) is 4.79 Å². The number of nitrogens with one attached hydrogen (secondary N) is 1. The minimum atomic E-state index is -0.0868. The van der Waals surface area contributed by atoms with Gasteiger partial charge in [0.15, 0.2) is 0 Å². The maximum Gasteiger partial charge on any atom is 0.244 e. The lowest BCUT2D eigenvalue weighted by Gasteiger charge is -2.30. The molecule has 3 rings (SSSR count). The molecule has 0 aliphatic carbocycles. The van der Waals surface area contributed by atoms with Gasteiger partial charge in [-0.25, -0.2) is 0 Å². The molecule has 1 saturated heterocycles. The van der Waals surface area contributed by atoms with Crippen LogP contribution in [0, 0.1) is 0 Å². The van der Waals surface area contributed by atoms with Crippen molar-refractivity contribution in [2.45, 2.75) is 6.54 Å². The SMILES string of the molecule is O=C(C=Cc1ccc(Br)s1)NCc1ccccc1N1CCOCC1. The van der Waals surface area contributed by atoms with Crippen molar-refractivity contribution in [2.75, 3.05) is 31.2 Å². The third kappa shape index (κ3) is 4.69. The third-order valence-corrected chi connectivity index (χ3v) is 5.38. The lowest BCUT2D eigenvalue weighted by Crippen LogP contribution is -2.37. The lowest BCUT2D eigenvalue weighted by atomic mass is 10.1. The molecule has 1 amide bonds. The Morgan fingerprint density at radius 1 is 1.25 bits per heavy atom. The van der Waals surface area contributed by atoms with Gasteiger partial charge in [0.2, 0.25) is 5.91 Å². The van der Waals surface area contributed by atoms with Gasteiger partial charge in [-0.1, -0.05) is 18.2 Å². The fraction of sp³-hybridized carbons (Fsp3) is 0.278. The molecule has 1 fully saturated rings. The van der Waals surface area contributed by atoms with Gasteiger partial charge in [-0.2, -0.15) is 0 Å². The Hall–Kier alpha value is -1.63. The van der Waals surface area contributed by atoms with Crippen molar-refractivity contribution in [1.29, 1.82) is 0 Å². The quantitative estimate of drug-likeness (QED) is 0.769. The number of rotatable bonds is 5. The molecule has 2 heterocycles. The van der Waals surface area contributed by atoms with E-state index in [-0.39, 0.29) is 5.91 Å². The number of amides is 1. The number of ether oxygens (including phenoxy) is 1. The number of thiophene rings is 1. The first-order valence-corrected chi connectivity index (χ1v) is 9.45. The van der Waals surface area contributed by atoms with E-state index in [4.69, 9.17) is 4.74 Å². The van der Waals surface area contributed by atoms with Crippen molar-refractivity contribution >= 4 is 44.9 Å². The molecular formula is C18H19BrN2O2S. The molecule has 1 N–H and O–H groups in total. The first kappa shape index (κ1) is 17.2. The predicted molar refractivity (Wildman–Crippen MR) is 102 cm³/mol. The summed E-state index contributed by atoms with van der Waals surface area (Å²) in [6, 6.07) is 12.2. The summed E-state index contributed by atoms with van der Waals surface area (Å²) in [4.78, 5) is 15.4. The second-order valence-electron chi connectivity index (χ2n) is 5.42. The molecule has 1 aliphatic heterocycles. The van der Waals surface area contributed by atoms with E-state index in [1.807, 2.05) is 30.3 Å².